The fourth-order valence-electron chi connectivity index (χ4n) is 1.17. The largest absolute Gasteiger partial charge is 0.452 e. The van der Waals surface area contributed by atoms with Crippen LogP contribution in [0.15, 0.2) is 11.3 Å². The number of amides is 1. The number of anilines is 1. The Hall–Kier alpha value is -1.63. The lowest BCUT2D eigenvalue weighted by Gasteiger charge is -2.16. The van der Waals surface area contributed by atoms with Crippen molar-refractivity contribution in [1.82, 2.24) is 10.4 Å². The van der Waals surface area contributed by atoms with Crippen LogP contribution in [0.2, 0.25) is 0 Å². The molecule has 17 heavy (non-hydrogen) atoms. The number of rotatable bonds is 5. The summed E-state index contributed by atoms with van der Waals surface area (Å²) in [4.78, 5) is 18.1. The Morgan fingerprint density at radius 3 is 2.94 bits per heavy atom. The SMILES string of the molecule is CCN(CC)c1ncc(/C=N\NC(=O)OC)s1. The number of aromatic nitrogens is 1. The van der Waals surface area contributed by atoms with Crippen LogP contribution in [0.4, 0.5) is 9.93 Å². The summed E-state index contributed by atoms with van der Waals surface area (Å²) in [7, 11) is 1.29. The second-order valence-electron chi connectivity index (χ2n) is 3.08. The Balaban J connectivity index is 2.59. The maximum Gasteiger partial charge on any atom is 0.427 e. The van der Waals surface area contributed by atoms with Crippen molar-refractivity contribution >= 4 is 28.8 Å². The summed E-state index contributed by atoms with van der Waals surface area (Å²) in [5.74, 6) is 0. The van der Waals surface area contributed by atoms with E-state index in [-0.39, 0.29) is 0 Å². The highest BCUT2D eigenvalue weighted by Gasteiger charge is 2.06. The van der Waals surface area contributed by atoms with E-state index in [0.717, 1.165) is 23.1 Å². The molecule has 0 atom stereocenters. The van der Waals surface area contributed by atoms with Crippen molar-refractivity contribution in [3.8, 4) is 0 Å². The van der Waals surface area contributed by atoms with Crippen molar-refractivity contribution in [2.75, 3.05) is 25.1 Å². The van der Waals surface area contributed by atoms with Gasteiger partial charge >= 0.3 is 6.09 Å². The number of hydrogen-bond acceptors (Lipinski definition) is 6. The van der Waals surface area contributed by atoms with Crippen LogP contribution >= 0.6 is 11.3 Å². The monoisotopic (exact) mass is 256 g/mol. The van der Waals surface area contributed by atoms with Gasteiger partial charge < -0.3 is 9.64 Å². The first-order valence-electron chi connectivity index (χ1n) is 5.29. The van der Waals surface area contributed by atoms with E-state index < -0.39 is 6.09 Å². The van der Waals surface area contributed by atoms with Crippen LogP contribution in [0.5, 0.6) is 0 Å². The molecule has 1 amide bonds. The fourth-order valence-corrected chi connectivity index (χ4v) is 2.09. The van der Waals surface area contributed by atoms with Crippen molar-refractivity contribution in [3.63, 3.8) is 0 Å². The fraction of sp³-hybridized carbons (Fsp3) is 0.500. The highest BCUT2D eigenvalue weighted by molar-refractivity contribution is 7.17. The van der Waals surface area contributed by atoms with Gasteiger partial charge in [0, 0.05) is 19.3 Å². The zero-order chi connectivity index (χ0) is 12.7. The maximum absolute atomic E-state index is 10.7. The molecule has 1 aromatic heterocycles. The summed E-state index contributed by atoms with van der Waals surface area (Å²) < 4.78 is 4.38. The lowest BCUT2D eigenvalue weighted by atomic mass is 10.6. The van der Waals surface area contributed by atoms with Crippen molar-refractivity contribution in [3.05, 3.63) is 11.1 Å². The second-order valence-corrected chi connectivity index (χ2v) is 4.12. The second kappa shape index (κ2) is 6.85. The van der Waals surface area contributed by atoms with Gasteiger partial charge in [0.25, 0.3) is 0 Å². The number of carbonyl (C=O) groups excluding carboxylic acids is 1. The minimum absolute atomic E-state index is 0.588. The molecule has 0 aliphatic heterocycles. The van der Waals surface area contributed by atoms with Crippen molar-refractivity contribution in [2.45, 2.75) is 13.8 Å². The molecule has 1 heterocycles. The Labute approximate surface area is 104 Å². The van der Waals surface area contributed by atoms with E-state index in [1.54, 1.807) is 12.4 Å². The van der Waals surface area contributed by atoms with Gasteiger partial charge in [0.05, 0.1) is 18.2 Å². The molecule has 0 unspecified atom stereocenters. The Morgan fingerprint density at radius 2 is 2.35 bits per heavy atom. The van der Waals surface area contributed by atoms with Gasteiger partial charge in [-0.25, -0.2) is 15.2 Å². The van der Waals surface area contributed by atoms with E-state index in [1.165, 1.54) is 18.4 Å². The molecule has 6 nitrogen and oxygen atoms in total. The van der Waals surface area contributed by atoms with Crippen molar-refractivity contribution in [1.29, 1.82) is 0 Å². The summed E-state index contributed by atoms with van der Waals surface area (Å²) in [6, 6.07) is 0. The van der Waals surface area contributed by atoms with Gasteiger partial charge in [-0.3, -0.25) is 0 Å². The molecule has 0 spiro atoms. The highest BCUT2D eigenvalue weighted by atomic mass is 32.1. The third-order valence-corrected chi connectivity index (χ3v) is 3.07. The van der Waals surface area contributed by atoms with Gasteiger partial charge in [-0.15, -0.1) is 0 Å². The molecule has 7 heteroatoms. The standard InChI is InChI=1S/C10H16N4O2S/c1-4-14(5-2)9-11-6-8(17-9)7-12-13-10(15)16-3/h6-7H,4-5H2,1-3H3,(H,13,15)/b12-7-. The molecule has 94 valence electrons. The van der Waals surface area contributed by atoms with E-state index in [9.17, 15) is 4.79 Å². The number of nitrogens with one attached hydrogen (secondary N) is 1. The van der Waals surface area contributed by atoms with E-state index in [4.69, 9.17) is 0 Å². The zero-order valence-electron chi connectivity index (χ0n) is 10.1. The molecule has 0 saturated carbocycles. The molecule has 1 N–H and O–H groups in total. The number of nitrogens with zero attached hydrogens (tertiary/aromatic N) is 3. The molecule has 1 rings (SSSR count). The number of methoxy groups -OCH3 is 1. The number of ether oxygens (including phenoxy) is 1. The maximum atomic E-state index is 10.7. The van der Waals surface area contributed by atoms with Crippen LogP contribution < -0.4 is 10.3 Å². The molecule has 0 saturated heterocycles. The quantitative estimate of drug-likeness (QED) is 0.643. The third-order valence-electron chi connectivity index (χ3n) is 2.08. The molecule has 1 aromatic rings. The summed E-state index contributed by atoms with van der Waals surface area (Å²) in [5.41, 5.74) is 2.22. The smallest absolute Gasteiger partial charge is 0.427 e. The lowest BCUT2D eigenvalue weighted by Crippen LogP contribution is -2.21. The molecule has 0 aliphatic rings. The predicted octanol–water partition coefficient (Wildman–Crippen LogP) is 1.68. The van der Waals surface area contributed by atoms with E-state index in [1.807, 2.05) is 0 Å². The van der Waals surface area contributed by atoms with Crippen LogP contribution in [0.25, 0.3) is 0 Å². The molecule has 0 fully saturated rings. The first kappa shape index (κ1) is 13.4. The normalized spacial score (nSPS) is 10.5. The molecular weight excluding hydrogens is 240 g/mol. The highest BCUT2D eigenvalue weighted by Crippen LogP contribution is 2.20. The van der Waals surface area contributed by atoms with Gasteiger partial charge in [0.2, 0.25) is 0 Å². The Morgan fingerprint density at radius 1 is 1.65 bits per heavy atom. The van der Waals surface area contributed by atoms with Crippen LogP contribution in [0.1, 0.15) is 18.7 Å². The number of carbonyl (C=O) groups is 1. The van der Waals surface area contributed by atoms with Gasteiger partial charge in [-0.2, -0.15) is 5.10 Å². The predicted molar refractivity (Wildman–Crippen MR) is 68.8 cm³/mol. The Bertz CT molecular complexity index is 387. The Kier molecular flexibility index (Phi) is 5.41. The van der Waals surface area contributed by atoms with E-state index in [2.05, 4.69) is 39.0 Å². The third kappa shape index (κ3) is 4.03. The van der Waals surface area contributed by atoms with Gasteiger partial charge in [0.15, 0.2) is 5.13 Å². The van der Waals surface area contributed by atoms with Gasteiger partial charge in [-0.05, 0) is 13.8 Å². The molecule has 0 aliphatic carbocycles. The van der Waals surface area contributed by atoms with Gasteiger partial charge in [-0.1, -0.05) is 11.3 Å². The minimum atomic E-state index is -0.588. The summed E-state index contributed by atoms with van der Waals surface area (Å²) in [6.45, 7) is 6.00. The number of hydrogen-bond donors (Lipinski definition) is 1. The van der Waals surface area contributed by atoms with Crippen molar-refractivity contribution in [2.24, 2.45) is 5.10 Å². The summed E-state index contributed by atoms with van der Waals surface area (Å²) >= 11 is 1.52. The van der Waals surface area contributed by atoms with Crippen LogP contribution in [0, 0.1) is 0 Å². The van der Waals surface area contributed by atoms with Gasteiger partial charge in [0.1, 0.15) is 0 Å². The minimum Gasteiger partial charge on any atom is -0.452 e. The first-order chi connectivity index (χ1) is 8.21. The first-order valence-corrected chi connectivity index (χ1v) is 6.10. The van der Waals surface area contributed by atoms with E-state index in [0.29, 0.717) is 0 Å². The number of thiazole rings is 1. The molecule has 0 bridgehead atoms. The summed E-state index contributed by atoms with van der Waals surface area (Å²) in [6.07, 6.45) is 2.68. The average Bonchev–Trinajstić information content (AvgIpc) is 2.79. The summed E-state index contributed by atoms with van der Waals surface area (Å²) in [5, 5.41) is 4.69. The molecular formula is C10H16N4O2S. The van der Waals surface area contributed by atoms with Crippen LogP contribution in [0.3, 0.4) is 0 Å². The molecule has 0 radical (unpaired) electrons. The topological polar surface area (TPSA) is 66.8 Å². The van der Waals surface area contributed by atoms with E-state index >= 15 is 0 Å². The number of hydrazone groups is 1. The zero-order valence-corrected chi connectivity index (χ0v) is 11.0. The van der Waals surface area contributed by atoms with Crippen LogP contribution in [-0.4, -0.2) is 37.5 Å². The van der Waals surface area contributed by atoms with Crippen LogP contribution in [-0.2, 0) is 4.74 Å². The van der Waals surface area contributed by atoms with Crippen molar-refractivity contribution < 1.29 is 9.53 Å². The lowest BCUT2D eigenvalue weighted by molar-refractivity contribution is 0.171. The average molecular weight is 256 g/mol. The molecule has 0 aromatic carbocycles.